The zero-order valence-corrected chi connectivity index (χ0v) is 23.4. The van der Waals surface area contributed by atoms with E-state index in [0.717, 1.165) is 19.3 Å². The van der Waals surface area contributed by atoms with Gasteiger partial charge >= 0.3 is 5.97 Å². The van der Waals surface area contributed by atoms with Crippen molar-refractivity contribution in [2.75, 3.05) is 20.3 Å². The van der Waals surface area contributed by atoms with Crippen LogP contribution in [0.15, 0.2) is 72.8 Å². The lowest BCUT2D eigenvalue weighted by atomic mass is 9.86. The van der Waals surface area contributed by atoms with Crippen LogP contribution >= 0.6 is 0 Å². The van der Waals surface area contributed by atoms with Crippen LogP contribution in [0.1, 0.15) is 46.5 Å². The lowest BCUT2D eigenvalue weighted by molar-refractivity contribution is -0.184. The van der Waals surface area contributed by atoms with Gasteiger partial charge in [-0.15, -0.1) is 0 Å². The normalized spacial score (nSPS) is 26.2. The van der Waals surface area contributed by atoms with Gasteiger partial charge in [0.25, 0.3) is 8.32 Å². The fraction of sp³-hybridized carbons (Fsp3) is 0.500. The maximum Gasteiger partial charge on any atom is 0.330 e. The van der Waals surface area contributed by atoms with Crippen LogP contribution in [0, 0.1) is 0 Å². The van der Waals surface area contributed by atoms with Gasteiger partial charge in [-0.05, 0) is 40.8 Å². The summed E-state index contributed by atoms with van der Waals surface area (Å²) in [5.41, 5.74) is -0.758. The predicted molar refractivity (Wildman–Crippen MR) is 147 cm³/mol. The monoisotopic (exact) mass is 524 g/mol. The van der Waals surface area contributed by atoms with E-state index in [1.807, 2.05) is 12.1 Å². The zero-order chi connectivity index (χ0) is 26.5. The van der Waals surface area contributed by atoms with Gasteiger partial charge in [0.15, 0.2) is 0 Å². The van der Waals surface area contributed by atoms with E-state index in [1.54, 1.807) is 6.08 Å². The summed E-state index contributed by atoms with van der Waals surface area (Å²) in [5, 5.41) is 12.8. The minimum absolute atomic E-state index is 0.0337. The fourth-order valence-corrected chi connectivity index (χ4v) is 10.5. The number of aliphatic hydroxyl groups is 1. The molecular weight excluding hydrogens is 484 g/mol. The molecule has 6 nitrogen and oxygen atoms in total. The van der Waals surface area contributed by atoms with Crippen LogP contribution in [0.2, 0.25) is 5.04 Å². The van der Waals surface area contributed by atoms with E-state index in [9.17, 15) is 9.90 Å². The molecule has 2 aliphatic rings. The Morgan fingerprint density at radius 1 is 1.08 bits per heavy atom. The second-order valence-corrected chi connectivity index (χ2v) is 15.4. The molecule has 0 bridgehead atoms. The van der Waals surface area contributed by atoms with Crippen molar-refractivity contribution in [1.29, 1.82) is 0 Å². The highest BCUT2D eigenvalue weighted by molar-refractivity contribution is 6.99. The van der Waals surface area contributed by atoms with E-state index < -0.39 is 19.9 Å². The van der Waals surface area contributed by atoms with Crippen molar-refractivity contribution in [3.05, 3.63) is 72.8 Å². The molecule has 2 aliphatic heterocycles. The third-order valence-corrected chi connectivity index (χ3v) is 12.8. The highest BCUT2D eigenvalue weighted by Gasteiger charge is 2.53. The van der Waals surface area contributed by atoms with E-state index in [4.69, 9.17) is 13.9 Å². The van der Waals surface area contributed by atoms with Gasteiger partial charge in [0.05, 0.1) is 32.0 Å². The average Bonchev–Trinajstić information content (AvgIpc) is 3.28. The molecule has 200 valence electrons. The first-order valence-corrected chi connectivity index (χ1v) is 15.1. The topological polar surface area (TPSA) is 74.2 Å². The summed E-state index contributed by atoms with van der Waals surface area (Å²) in [5.74, 6) is -0.421. The summed E-state index contributed by atoms with van der Waals surface area (Å²) in [4.78, 5) is 11.5. The molecule has 0 aliphatic carbocycles. The van der Waals surface area contributed by atoms with Gasteiger partial charge in [-0.25, -0.2) is 4.79 Å². The first-order valence-electron chi connectivity index (χ1n) is 13.2. The Morgan fingerprint density at radius 2 is 1.70 bits per heavy atom. The number of rotatable bonds is 9. The van der Waals surface area contributed by atoms with Crippen LogP contribution < -0.4 is 10.4 Å². The van der Waals surface area contributed by atoms with Crippen LogP contribution in [0.4, 0.5) is 0 Å². The molecule has 7 heteroatoms. The molecule has 2 aromatic carbocycles. The zero-order valence-electron chi connectivity index (χ0n) is 22.4. The van der Waals surface area contributed by atoms with E-state index in [0.29, 0.717) is 13.0 Å². The molecule has 2 saturated heterocycles. The molecule has 1 N–H and O–H groups in total. The molecule has 1 unspecified atom stereocenters. The van der Waals surface area contributed by atoms with E-state index in [1.165, 1.54) is 23.6 Å². The first-order chi connectivity index (χ1) is 17.7. The molecule has 0 saturated carbocycles. The molecular formula is C30H40O6Si. The summed E-state index contributed by atoms with van der Waals surface area (Å²) in [7, 11) is -1.26. The Balaban J connectivity index is 1.49. The number of benzene rings is 2. The first kappa shape index (κ1) is 27.7. The Labute approximate surface area is 221 Å². The van der Waals surface area contributed by atoms with Crippen LogP contribution in [0.5, 0.6) is 0 Å². The summed E-state index contributed by atoms with van der Waals surface area (Å²) in [6.45, 7) is 7.28. The molecule has 4 rings (SSSR count). The maximum absolute atomic E-state index is 11.5. The van der Waals surface area contributed by atoms with Gasteiger partial charge in [0, 0.05) is 19.1 Å². The third-order valence-electron chi connectivity index (χ3n) is 7.72. The van der Waals surface area contributed by atoms with Crippen LogP contribution in [0.3, 0.4) is 0 Å². The van der Waals surface area contributed by atoms with E-state index >= 15 is 0 Å². The summed E-state index contributed by atoms with van der Waals surface area (Å²) in [6, 6.07) is 21.3. The largest absolute Gasteiger partial charge is 0.466 e. The minimum Gasteiger partial charge on any atom is -0.466 e. The number of ether oxygens (including phenoxy) is 3. The number of esters is 1. The van der Waals surface area contributed by atoms with Crippen molar-refractivity contribution < 1.29 is 28.5 Å². The predicted octanol–water partition coefficient (Wildman–Crippen LogP) is 3.75. The lowest BCUT2D eigenvalue weighted by Crippen LogP contribution is -2.66. The Kier molecular flexibility index (Phi) is 8.71. The van der Waals surface area contributed by atoms with Crippen LogP contribution in [0.25, 0.3) is 0 Å². The second-order valence-electron chi connectivity index (χ2n) is 11.1. The van der Waals surface area contributed by atoms with E-state index in [2.05, 4.69) is 74.0 Å². The number of aliphatic hydroxyl groups excluding tert-OH is 1. The molecule has 0 amide bonds. The minimum atomic E-state index is -2.61. The van der Waals surface area contributed by atoms with Gasteiger partial charge in [-0.3, -0.25) is 0 Å². The van der Waals surface area contributed by atoms with Crippen molar-refractivity contribution >= 4 is 24.7 Å². The standard InChI is InChI=1S/C30H40O6Si/c1-29(2,3)37(25-11-7-5-8-12-25,26-13-9-6-10-14-26)34-20-19-23-15-17-27-30(22-31,36-23)21-24(35-27)16-18-28(32)33-4/h5-14,16,18,23-24,27,31H,15,17,19-22H2,1-4H3/b18-16+/t23-,24+,27?,30-/m1/s1. The van der Waals surface area contributed by atoms with Crippen LogP contribution in [-0.4, -0.2) is 63.6 Å². The summed E-state index contributed by atoms with van der Waals surface area (Å²) < 4.78 is 24.4. The quantitative estimate of drug-likeness (QED) is 0.306. The van der Waals surface area contributed by atoms with Gasteiger partial charge < -0.3 is 23.7 Å². The number of methoxy groups -OCH3 is 1. The molecule has 4 atom stereocenters. The fourth-order valence-electron chi connectivity index (χ4n) is 5.92. The van der Waals surface area contributed by atoms with Gasteiger partial charge in [0.2, 0.25) is 0 Å². The van der Waals surface area contributed by atoms with Gasteiger partial charge in [-0.2, -0.15) is 0 Å². The SMILES string of the molecule is COC(=O)/C=C/[C@H]1C[C@]2(CO)O[C@@H](CCO[Si](c3ccccc3)(c3ccccc3)C(C)(C)C)CCC2O1. The molecule has 2 fully saturated rings. The Bertz CT molecular complexity index is 1010. The highest BCUT2D eigenvalue weighted by Crippen LogP contribution is 2.43. The Hall–Kier alpha value is -2.29. The molecule has 2 heterocycles. The number of fused-ring (bicyclic) bond motifs is 1. The van der Waals surface area contributed by atoms with E-state index in [-0.39, 0.29) is 30.0 Å². The lowest BCUT2D eigenvalue weighted by Gasteiger charge is -2.44. The highest BCUT2D eigenvalue weighted by atomic mass is 28.4. The van der Waals surface area contributed by atoms with Crippen LogP contribution in [-0.2, 0) is 23.4 Å². The number of carbonyl (C=O) groups is 1. The van der Waals surface area contributed by atoms with Gasteiger partial charge in [0.1, 0.15) is 5.60 Å². The van der Waals surface area contributed by atoms with Crippen molar-refractivity contribution in [1.82, 2.24) is 0 Å². The smallest absolute Gasteiger partial charge is 0.330 e. The molecule has 0 spiro atoms. The molecule has 0 aromatic heterocycles. The van der Waals surface area contributed by atoms with Crippen molar-refractivity contribution in [2.24, 2.45) is 0 Å². The van der Waals surface area contributed by atoms with Crippen molar-refractivity contribution in [2.45, 2.75) is 75.4 Å². The van der Waals surface area contributed by atoms with Crippen molar-refractivity contribution in [3.8, 4) is 0 Å². The summed E-state index contributed by atoms with van der Waals surface area (Å²) >= 11 is 0. The summed E-state index contributed by atoms with van der Waals surface area (Å²) in [6.07, 6.45) is 5.44. The third kappa shape index (κ3) is 5.76. The number of hydrogen-bond donors (Lipinski definition) is 1. The van der Waals surface area contributed by atoms with Gasteiger partial charge in [-0.1, -0.05) is 81.4 Å². The average molecular weight is 525 g/mol. The van der Waals surface area contributed by atoms with Crippen molar-refractivity contribution in [3.63, 3.8) is 0 Å². The maximum atomic E-state index is 11.5. The molecule has 2 aromatic rings. The second kappa shape index (κ2) is 11.6. The number of carbonyl (C=O) groups excluding carboxylic acids is 1. The Morgan fingerprint density at radius 3 is 2.24 bits per heavy atom. The molecule has 0 radical (unpaired) electrons. The number of hydrogen-bond acceptors (Lipinski definition) is 6. The molecule has 37 heavy (non-hydrogen) atoms.